The Kier molecular flexibility index (Phi) is 5.92. The molecule has 1 aliphatic rings. The number of aryl methyl sites for hydroxylation is 2. The van der Waals surface area contributed by atoms with Crippen LogP contribution in [0.2, 0.25) is 0 Å². The Morgan fingerprint density at radius 2 is 2.33 bits per heavy atom. The summed E-state index contributed by atoms with van der Waals surface area (Å²) in [6, 6.07) is 0. The SMILES string of the molecule is CCCc1cnc(C)nc1NCCCN1CCNC(=O)C1. The van der Waals surface area contributed by atoms with Gasteiger partial charge in [-0.3, -0.25) is 9.69 Å². The zero-order valence-electron chi connectivity index (χ0n) is 13.0. The fraction of sp³-hybridized carbons (Fsp3) is 0.667. The molecule has 0 aromatic carbocycles. The van der Waals surface area contributed by atoms with Gasteiger partial charge in [-0.2, -0.15) is 0 Å². The molecule has 1 aromatic heterocycles. The van der Waals surface area contributed by atoms with Gasteiger partial charge in [0.2, 0.25) is 5.91 Å². The van der Waals surface area contributed by atoms with E-state index >= 15 is 0 Å². The number of nitrogens with one attached hydrogen (secondary N) is 2. The molecule has 1 aliphatic heterocycles. The van der Waals surface area contributed by atoms with Crippen molar-refractivity contribution in [2.24, 2.45) is 0 Å². The maximum Gasteiger partial charge on any atom is 0.234 e. The molecule has 0 atom stereocenters. The molecule has 0 radical (unpaired) electrons. The Bertz CT molecular complexity index is 477. The van der Waals surface area contributed by atoms with Crippen LogP contribution >= 0.6 is 0 Å². The smallest absolute Gasteiger partial charge is 0.234 e. The minimum Gasteiger partial charge on any atom is -0.370 e. The van der Waals surface area contributed by atoms with Crippen molar-refractivity contribution < 1.29 is 4.79 Å². The Labute approximate surface area is 126 Å². The molecular weight excluding hydrogens is 266 g/mol. The minimum atomic E-state index is 0.130. The van der Waals surface area contributed by atoms with Crippen molar-refractivity contribution in [1.29, 1.82) is 0 Å². The number of hydrogen-bond donors (Lipinski definition) is 2. The molecule has 116 valence electrons. The maximum atomic E-state index is 11.3. The van der Waals surface area contributed by atoms with Gasteiger partial charge in [-0.1, -0.05) is 13.3 Å². The van der Waals surface area contributed by atoms with E-state index in [9.17, 15) is 4.79 Å². The third-order valence-electron chi connectivity index (χ3n) is 3.57. The predicted molar refractivity (Wildman–Crippen MR) is 83.3 cm³/mol. The van der Waals surface area contributed by atoms with E-state index in [1.807, 2.05) is 13.1 Å². The van der Waals surface area contributed by atoms with Crippen molar-refractivity contribution in [1.82, 2.24) is 20.2 Å². The molecule has 0 saturated carbocycles. The Hall–Kier alpha value is -1.69. The molecular formula is C15H25N5O. The van der Waals surface area contributed by atoms with Crippen LogP contribution < -0.4 is 10.6 Å². The molecule has 0 bridgehead atoms. The van der Waals surface area contributed by atoms with E-state index in [1.54, 1.807) is 0 Å². The van der Waals surface area contributed by atoms with Gasteiger partial charge in [0.25, 0.3) is 0 Å². The Morgan fingerprint density at radius 3 is 3.10 bits per heavy atom. The third kappa shape index (κ3) is 4.97. The summed E-state index contributed by atoms with van der Waals surface area (Å²) in [6.07, 6.45) is 5.00. The average Bonchev–Trinajstić information content (AvgIpc) is 2.46. The molecule has 1 amide bonds. The van der Waals surface area contributed by atoms with Gasteiger partial charge in [0, 0.05) is 37.9 Å². The molecule has 2 heterocycles. The minimum absolute atomic E-state index is 0.130. The van der Waals surface area contributed by atoms with Crippen molar-refractivity contribution in [3.05, 3.63) is 17.6 Å². The molecule has 6 nitrogen and oxygen atoms in total. The summed E-state index contributed by atoms with van der Waals surface area (Å²) in [6.45, 7) is 8.10. The van der Waals surface area contributed by atoms with Crippen molar-refractivity contribution in [2.45, 2.75) is 33.1 Å². The molecule has 0 spiro atoms. The lowest BCUT2D eigenvalue weighted by Gasteiger charge is -2.26. The van der Waals surface area contributed by atoms with Crippen LogP contribution in [0.25, 0.3) is 0 Å². The number of aromatic nitrogens is 2. The lowest BCUT2D eigenvalue weighted by atomic mass is 10.2. The number of carbonyl (C=O) groups is 1. The number of anilines is 1. The van der Waals surface area contributed by atoms with Crippen molar-refractivity contribution in [3.63, 3.8) is 0 Å². The number of piperazine rings is 1. The summed E-state index contributed by atoms with van der Waals surface area (Å²) in [5.41, 5.74) is 1.18. The quantitative estimate of drug-likeness (QED) is 0.733. The van der Waals surface area contributed by atoms with Crippen molar-refractivity contribution in [2.75, 3.05) is 38.0 Å². The van der Waals surface area contributed by atoms with Crippen LogP contribution in [0.5, 0.6) is 0 Å². The lowest BCUT2D eigenvalue weighted by molar-refractivity contribution is -0.124. The highest BCUT2D eigenvalue weighted by atomic mass is 16.2. The van der Waals surface area contributed by atoms with Gasteiger partial charge in [0.05, 0.1) is 6.54 Å². The monoisotopic (exact) mass is 291 g/mol. The molecule has 0 aliphatic carbocycles. The summed E-state index contributed by atoms with van der Waals surface area (Å²) in [4.78, 5) is 22.2. The highest BCUT2D eigenvalue weighted by Crippen LogP contribution is 2.13. The van der Waals surface area contributed by atoms with Crippen molar-refractivity contribution in [3.8, 4) is 0 Å². The molecule has 0 unspecified atom stereocenters. The van der Waals surface area contributed by atoms with Gasteiger partial charge in [0.1, 0.15) is 11.6 Å². The summed E-state index contributed by atoms with van der Waals surface area (Å²) in [5, 5.41) is 6.25. The first-order chi connectivity index (χ1) is 10.2. The topological polar surface area (TPSA) is 70.2 Å². The number of nitrogens with zero attached hydrogens (tertiary/aromatic N) is 3. The van der Waals surface area contributed by atoms with E-state index in [2.05, 4.69) is 32.4 Å². The van der Waals surface area contributed by atoms with E-state index in [1.165, 1.54) is 5.56 Å². The first-order valence-corrected chi connectivity index (χ1v) is 7.74. The van der Waals surface area contributed by atoms with E-state index < -0.39 is 0 Å². The predicted octanol–water partition coefficient (Wildman–Crippen LogP) is 0.971. The first kappa shape index (κ1) is 15.7. The van der Waals surface area contributed by atoms with Crippen molar-refractivity contribution >= 4 is 11.7 Å². The van der Waals surface area contributed by atoms with Crippen LogP contribution in [0.15, 0.2) is 6.20 Å². The van der Waals surface area contributed by atoms with Gasteiger partial charge in [-0.25, -0.2) is 9.97 Å². The summed E-state index contributed by atoms with van der Waals surface area (Å²) in [7, 11) is 0. The molecule has 6 heteroatoms. The number of amides is 1. The van der Waals surface area contributed by atoms with Gasteiger partial charge >= 0.3 is 0 Å². The molecule has 1 fully saturated rings. The van der Waals surface area contributed by atoms with Crippen LogP contribution in [0, 0.1) is 6.92 Å². The van der Waals surface area contributed by atoms with Gasteiger partial charge in [0.15, 0.2) is 0 Å². The zero-order chi connectivity index (χ0) is 15.1. The highest BCUT2D eigenvalue weighted by Gasteiger charge is 2.15. The number of carbonyl (C=O) groups excluding carboxylic acids is 1. The molecule has 2 rings (SSSR count). The standard InChI is InChI=1S/C15H25N5O/c1-3-5-13-10-18-12(2)19-15(13)17-6-4-8-20-9-7-16-14(21)11-20/h10H,3-9,11H2,1-2H3,(H,16,21)(H,17,18,19). The normalized spacial score (nSPS) is 15.8. The first-order valence-electron chi connectivity index (χ1n) is 7.74. The van der Waals surface area contributed by atoms with E-state index in [4.69, 9.17) is 0 Å². The van der Waals surface area contributed by atoms with Gasteiger partial charge in [-0.05, 0) is 19.8 Å². The fourth-order valence-electron chi connectivity index (χ4n) is 2.49. The lowest BCUT2D eigenvalue weighted by Crippen LogP contribution is -2.47. The van der Waals surface area contributed by atoms with Crippen LogP contribution in [-0.2, 0) is 11.2 Å². The summed E-state index contributed by atoms with van der Waals surface area (Å²) < 4.78 is 0. The Morgan fingerprint density at radius 1 is 1.48 bits per heavy atom. The molecule has 1 aromatic rings. The average molecular weight is 291 g/mol. The molecule has 1 saturated heterocycles. The molecule has 2 N–H and O–H groups in total. The summed E-state index contributed by atoms with van der Waals surface area (Å²) >= 11 is 0. The zero-order valence-corrected chi connectivity index (χ0v) is 13.0. The number of hydrogen-bond acceptors (Lipinski definition) is 5. The Balaban J connectivity index is 1.77. The largest absolute Gasteiger partial charge is 0.370 e. The van der Waals surface area contributed by atoms with Gasteiger partial charge in [-0.15, -0.1) is 0 Å². The fourth-order valence-corrected chi connectivity index (χ4v) is 2.49. The maximum absolute atomic E-state index is 11.3. The van der Waals surface area contributed by atoms with E-state index in [-0.39, 0.29) is 5.91 Å². The molecule has 21 heavy (non-hydrogen) atoms. The summed E-state index contributed by atoms with van der Waals surface area (Å²) in [5.74, 6) is 1.89. The second kappa shape index (κ2) is 7.93. The second-order valence-electron chi connectivity index (χ2n) is 5.45. The third-order valence-corrected chi connectivity index (χ3v) is 3.57. The highest BCUT2D eigenvalue weighted by molar-refractivity contribution is 5.78. The van der Waals surface area contributed by atoms with Crippen LogP contribution in [0.1, 0.15) is 31.2 Å². The van der Waals surface area contributed by atoms with E-state index in [0.717, 1.165) is 57.1 Å². The van der Waals surface area contributed by atoms with Crippen LogP contribution in [0.4, 0.5) is 5.82 Å². The van der Waals surface area contributed by atoms with Gasteiger partial charge < -0.3 is 10.6 Å². The van der Waals surface area contributed by atoms with E-state index in [0.29, 0.717) is 6.54 Å². The number of rotatable bonds is 7. The van der Waals surface area contributed by atoms with Crippen LogP contribution in [0.3, 0.4) is 0 Å². The second-order valence-corrected chi connectivity index (χ2v) is 5.45. The van der Waals surface area contributed by atoms with Crippen LogP contribution in [-0.4, -0.2) is 53.5 Å².